The number of nitrogens with zero attached hydrogens (tertiary/aromatic N) is 4. The van der Waals surface area contributed by atoms with Gasteiger partial charge in [-0.05, 0) is 31.5 Å². The van der Waals surface area contributed by atoms with Crippen molar-refractivity contribution in [3.63, 3.8) is 0 Å². The van der Waals surface area contributed by atoms with Crippen molar-refractivity contribution in [1.29, 1.82) is 0 Å². The first-order chi connectivity index (χ1) is 12.6. The van der Waals surface area contributed by atoms with E-state index in [1.165, 1.54) is 0 Å². The summed E-state index contributed by atoms with van der Waals surface area (Å²) in [5, 5.41) is 11.3. The Morgan fingerprint density at radius 2 is 2.12 bits per heavy atom. The third-order valence-corrected chi connectivity index (χ3v) is 4.45. The molecule has 3 heterocycles. The molecule has 0 radical (unpaired) electrons. The van der Waals surface area contributed by atoms with Crippen LogP contribution in [0, 0.1) is 6.92 Å². The molecule has 7 nitrogen and oxygen atoms in total. The Morgan fingerprint density at radius 1 is 1.27 bits per heavy atom. The molecule has 0 saturated carbocycles. The molecule has 7 heteroatoms. The van der Waals surface area contributed by atoms with Gasteiger partial charge in [0, 0.05) is 11.8 Å². The first-order valence-corrected chi connectivity index (χ1v) is 8.68. The number of rotatable bonds is 2. The van der Waals surface area contributed by atoms with Gasteiger partial charge in [0.1, 0.15) is 11.9 Å². The quantitative estimate of drug-likeness (QED) is 0.770. The van der Waals surface area contributed by atoms with Gasteiger partial charge in [0.2, 0.25) is 0 Å². The molecule has 1 atom stereocenters. The van der Waals surface area contributed by atoms with Crippen molar-refractivity contribution in [2.45, 2.75) is 33.0 Å². The predicted octanol–water partition coefficient (Wildman–Crippen LogP) is 2.53. The van der Waals surface area contributed by atoms with Gasteiger partial charge in [-0.3, -0.25) is 4.40 Å². The van der Waals surface area contributed by atoms with Crippen molar-refractivity contribution in [1.82, 2.24) is 24.8 Å². The normalized spacial score (nSPS) is 16.7. The molecule has 3 aromatic rings. The Kier molecular flexibility index (Phi) is 4.20. The molecule has 0 spiro atoms. The van der Waals surface area contributed by atoms with E-state index in [2.05, 4.69) is 15.5 Å². The van der Waals surface area contributed by atoms with Crippen LogP contribution in [-0.2, 0) is 13.1 Å². The highest BCUT2D eigenvalue weighted by Gasteiger charge is 2.23. The van der Waals surface area contributed by atoms with Gasteiger partial charge >= 0.3 is 6.03 Å². The van der Waals surface area contributed by atoms with E-state index in [-0.39, 0.29) is 12.1 Å². The second kappa shape index (κ2) is 6.67. The third kappa shape index (κ3) is 3.20. The minimum absolute atomic E-state index is 0.0685. The van der Waals surface area contributed by atoms with Crippen molar-refractivity contribution in [3.8, 4) is 5.75 Å². The van der Waals surface area contributed by atoms with Gasteiger partial charge in [-0.2, -0.15) is 0 Å². The second-order valence-electron chi connectivity index (χ2n) is 6.63. The fourth-order valence-corrected chi connectivity index (χ4v) is 3.17. The van der Waals surface area contributed by atoms with Crippen LogP contribution in [0.15, 0.2) is 42.6 Å². The predicted molar refractivity (Wildman–Crippen MR) is 96.9 cm³/mol. The number of carbonyl (C=O) groups is 1. The molecular formula is C19H21N5O2. The number of ether oxygens (including phenoxy) is 1. The highest BCUT2D eigenvalue weighted by molar-refractivity contribution is 5.74. The maximum atomic E-state index is 12.7. The zero-order chi connectivity index (χ0) is 18.1. The average molecular weight is 351 g/mol. The summed E-state index contributed by atoms with van der Waals surface area (Å²) in [6.07, 6.45) is 1.90. The molecule has 4 rings (SSSR count). The zero-order valence-corrected chi connectivity index (χ0v) is 14.8. The van der Waals surface area contributed by atoms with Crippen LogP contribution in [0.25, 0.3) is 5.65 Å². The van der Waals surface area contributed by atoms with E-state index in [4.69, 9.17) is 4.74 Å². The van der Waals surface area contributed by atoms with Gasteiger partial charge < -0.3 is 15.0 Å². The highest BCUT2D eigenvalue weighted by Crippen LogP contribution is 2.24. The van der Waals surface area contributed by atoms with Crippen molar-refractivity contribution in [2.24, 2.45) is 0 Å². The number of benzene rings is 1. The number of para-hydroxylation sites is 1. The SMILES string of the molecule is Cc1ccc2nnc(CNC(=O)N3Cc4ccccc4OC(C)C3)n2c1. The van der Waals surface area contributed by atoms with Crippen LogP contribution < -0.4 is 10.1 Å². The topological polar surface area (TPSA) is 71.8 Å². The molecular weight excluding hydrogens is 330 g/mol. The van der Waals surface area contributed by atoms with E-state index in [1.807, 2.05) is 60.8 Å². The summed E-state index contributed by atoms with van der Waals surface area (Å²) >= 11 is 0. The van der Waals surface area contributed by atoms with E-state index in [9.17, 15) is 4.79 Å². The van der Waals surface area contributed by atoms with E-state index in [0.717, 1.165) is 22.5 Å². The van der Waals surface area contributed by atoms with Crippen LogP contribution in [0.5, 0.6) is 5.75 Å². The van der Waals surface area contributed by atoms with Gasteiger partial charge in [-0.15, -0.1) is 10.2 Å². The number of nitrogens with one attached hydrogen (secondary N) is 1. The first-order valence-electron chi connectivity index (χ1n) is 8.68. The number of aromatic nitrogens is 3. The van der Waals surface area contributed by atoms with E-state index < -0.39 is 0 Å². The van der Waals surface area contributed by atoms with Gasteiger partial charge in [0.25, 0.3) is 0 Å². The highest BCUT2D eigenvalue weighted by atomic mass is 16.5. The fraction of sp³-hybridized carbons (Fsp3) is 0.316. The molecule has 1 aromatic carbocycles. The second-order valence-corrected chi connectivity index (χ2v) is 6.63. The summed E-state index contributed by atoms with van der Waals surface area (Å²) in [6.45, 7) is 5.35. The van der Waals surface area contributed by atoms with Crippen LogP contribution in [0.1, 0.15) is 23.9 Å². The third-order valence-electron chi connectivity index (χ3n) is 4.45. The number of amides is 2. The van der Waals surface area contributed by atoms with E-state index in [0.29, 0.717) is 25.5 Å². The number of hydrogen-bond acceptors (Lipinski definition) is 4. The minimum Gasteiger partial charge on any atom is -0.489 e. The van der Waals surface area contributed by atoms with Crippen molar-refractivity contribution in [3.05, 3.63) is 59.5 Å². The summed E-state index contributed by atoms with van der Waals surface area (Å²) in [7, 11) is 0. The lowest BCUT2D eigenvalue weighted by Crippen LogP contribution is -2.42. The number of fused-ring (bicyclic) bond motifs is 2. The standard InChI is InChI=1S/C19H21N5O2/c1-13-7-8-17-21-22-18(24(17)10-13)9-20-19(25)23-11-14(2)26-16-6-4-3-5-15(16)12-23/h3-8,10,14H,9,11-12H2,1-2H3,(H,20,25). The van der Waals surface area contributed by atoms with Crippen molar-refractivity contribution < 1.29 is 9.53 Å². The fourth-order valence-electron chi connectivity index (χ4n) is 3.17. The lowest BCUT2D eigenvalue weighted by molar-refractivity contribution is 0.158. The van der Waals surface area contributed by atoms with Gasteiger partial charge in [0.05, 0.1) is 19.6 Å². The maximum absolute atomic E-state index is 12.7. The Morgan fingerprint density at radius 3 is 3.00 bits per heavy atom. The molecule has 1 aliphatic heterocycles. The van der Waals surface area contributed by atoms with Crippen LogP contribution in [0.3, 0.4) is 0 Å². The summed E-state index contributed by atoms with van der Waals surface area (Å²) in [6, 6.07) is 11.6. The number of aryl methyl sites for hydroxylation is 1. The minimum atomic E-state index is -0.137. The molecule has 134 valence electrons. The summed E-state index contributed by atoms with van der Waals surface area (Å²) in [5.74, 6) is 1.55. The maximum Gasteiger partial charge on any atom is 0.318 e. The monoisotopic (exact) mass is 351 g/mol. The Balaban J connectivity index is 1.48. The van der Waals surface area contributed by atoms with Crippen LogP contribution in [0.2, 0.25) is 0 Å². The van der Waals surface area contributed by atoms with Crippen molar-refractivity contribution >= 4 is 11.7 Å². The molecule has 0 bridgehead atoms. The van der Waals surface area contributed by atoms with Crippen molar-refractivity contribution in [2.75, 3.05) is 6.54 Å². The van der Waals surface area contributed by atoms with Gasteiger partial charge in [-0.1, -0.05) is 24.3 Å². The summed E-state index contributed by atoms with van der Waals surface area (Å²) in [5.41, 5.74) is 2.89. The molecule has 2 amide bonds. The molecule has 1 N–H and O–H groups in total. The zero-order valence-electron chi connectivity index (χ0n) is 14.8. The largest absolute Gasteiger partial charge is 0.489 e. The number of hydrogen-bond donors (Lipinski definition) is 1. The first kappa shape index (κ1) is 16.4. The smallest absolute Gasteiger partial charge is 0.318 e. The molecule has 1 unspecified atom stereocenters. The Labute approximate surface area is 151 Å². The summed E-state index contributed by atoms with van der Waals surface area (Å²) < 4.78 is 7.81. The van der Waals surface area contributed by atoms with E-state index in [1.54, 1.807) is 4.90 Å². The number of urea groups is 1. The molecule has 2 aromatic heterocycles. The molecule has 26 heavy (non-hydrogen) atoms. The summed E-state index contributed by atoms with van der Waals surface area (Å²) in [4.78, 5) is 14.5. The van der Waals surface area contributed by atoms with Gasteiger partial charge in [-0.25, -0.2) is 4.79 Å². The number of carbonyl (C=O) groups excluding carboxylic acids is 1. The van der Waals surface area contributed by atoms with Crippen LogP contribution in [-0.4, -0.2) is 38.2 Å². The Hall–Kier alpha value is -3.09. The van der Waals surface area contributed by atoms with Crippen LogP contribution in [0.4, 0.5) is 4.79 Å². The lowest BCUT2D eigenvalue weighted by atomic mass is 10.2. The molecule has 0 saturated heterocycles. The average Bonchev–Trinajstić information content (AvgIpc) is 2.93. The van der Waals surface area contributed by atoms with E-state index >= 15 is 0 Å². The lowest BCUT2D eigenvalue weighted by Gasteiger charge is -2.22. The molecule has 0 aliphatic carbocycles. The van der Waals surface area contributed by atoms with Gasteiger partial charge in [0.15, 0.2) is 11.5 Å². The molecule has 0 fully saturated rings. The Bertz CT molecular complexity index is 952. The molecule has 1 aliphatic rings. The van der Waals surface area contributed by atoms with Crippen LogP contribution >= 0.6 is 0 Å². The number of pyridine rings is 1.